The van der Waals surface area contributed by atoms with E-state index in [-0.39, 0.29) is 11.2 Å². The second-order valence-corrected chi connectivity index (χ2v) is 10.4. The molecule has 1 heterocycles. The molecule has 1 atom stereocenters. The van der Waals surface area contributed by atoms with Gasteiger partial charge >= 0.3 is 0 Å². The second-order valence-electron chi connectivity index (χ2n) is 8.15. The molecule has 6 nitrogen and oxygen atoms in total. The molecule has 7 heteroatoms. The highest BCUT2D eigenvalue weighted by atomic mass is 32.2. The maximum atomic E-state index is 11.4. The van der Waals surface area contributed by atoms with Crippen LogP contribution < -0.4 is 15.5 Å². The summed E-state index contributed by atoms with van der Waals surface area (Å²) >= 11 is 0. The number of hydrogen-bond donors (Lipinski definition) is 2. The van der Waals surface area contributed by atoms with E-state index >= 15 is 0 Å². The van der Waals surface area contributed by atoms with Gasteiger partial charge in [0.2, 0.25) is 0 Å². The van der Waals surface area contributed by atoms with Crippen molar-refractivity contribution in [3.63, 3.8) is 0 Å². The molecule has 2 rings (SSSR count). The smallest absolute Gasteiger partial charge is 0.191 e. The minimum absolute atomic E-state index is 0.156. The SMILES string of the molecule is CCNC(=NCC(C)(C)CCS(C)(=O)=O)NC1CCN(c2ccccc2)C1. The van der Waals surface area contributed by atoms with Gasteiger partial charge in [0, 0.05) is 44.2 Å². The molecule has 1 aliphatic rings. The molecule has 27 heavy (non-hydrogen) atoms. The van der Waals surface area contributed by atoms with Crippen LogP contribution in [0, 0.1) is 5.41 Å². The van der Waals surface area contributed by atoms with Crippen LogP contribution >= 0.6 is 0 Å². The van der Waals surface area contributed by atoms with Crippen LogP contribution in [0.25, 0.3) is 0 Å². The van der Waals surface area contributed by atoms with Crippen LogP contribution in [0.15, 0.2) is 35.3 Å². The lowest BCUT2D eigenvalue weighted by molar-refractivity contribution is 0.365. The van der Waals surface area contributed by atoms with E-state index in [1.54, 1.807) is 0 Å². The number of guanidine groups is 1. The van der Waals surface area contributed by atoms with E-state index in [9.17, 15) is 8.42 Å². The summed E-state index contributed by atoms with van der Waals surface area (Å²) in [5.74, 6) is 1.01. The highest BCUT2D eigenvalue weighted by molar-refractivity contribution is 7.90. The lowest BCUT2D eigenvalue weighted by Gasteiger charge is -2.24. The molecule has 0 spiro atoms. The summed E-state index contributed by atoms with van der Waals surface area (Å²) < 4.78 is 22.9. The molecule has 0 aromatic heterocycles. The molecule has 0 saturated carbocycles. The third-order valence-corrected chi connectivity index (χ3v) is 5.76. The molecule has 1 fully saturated rings. The summed E-state index contributed by atoms with van der Waals surface area (Å²) in [6, 6.07) is 10.8. The molecule has 0 aliphatic carbocycles. The predicted molar refractivity (Wildman–Crippen MR) is 114 cm³/mol. The Labute approximate surface area is 164 Å². The molecule has 1 aliphatic heterocycles. The number of rotatable bonds is 8. The van der Waals surface area contributed by atoms with Gasteiger partial charge < -0.3 is 15.5 Å². The quantitative estimate of drug-likeness (QED) is 0.523. The van der Waals surface area contributed by atoms with Crippen LogP contribution in [0.3, 0.4) is 0 Å². The summed E-state index contributed by atoms with van der Waals surface area (Å²) in [7, 11) is -2.94. The van der Waals surface area contributed by atoms with Crippen molar-refractivity contribution in [1.29, 1.82) is 0 Å². The van der Waals surface area contributed by atoms with Gasteiger partial charge in [-0.15, -0.1) is 0 Å². The number of sulfone groups is 1. The van der Waals surface area contributed by atoms with Crippen molar-refractivity contribution >= 4 is 21.5 Å². The largest absolute Gasteiger partial charge is 0.369 e. The lowest BCUT2D eigenvalue weighted by Crippen LogP contribution is -2.45. The third kappa shape index (κ3) is 7.79. The Kier molecular flexibility index (Phi) is 7.53. The fourth-order valence-electron chi connectivity index (χ4n) is 3.10. The van der Waals surface area contributed by atoms with Gasteiger partial charge in [-0.3, -0.25) is 4.99 Å². The Morgan fingerprint density at radius 3 is 2.63 bits per heavy atom. The zero-order valence-corrected chi connectivity index (χ0v) is 17.8. The number of nitrogens with one attached hydrogen (secondary N) is 2. The van der Waals surface area contributed by atoms with Crippen molar-refractivity contribution in [2.75, 3.05) is 43.1 Å². The molecular formula is C20H34N4O2S. The van der Waals surface area contributed by atoms with Gasteiger partial charge in [-0.05, 0) is 37.3 Å². The van der Waals surface area contributed by atoms with E-state index in [0.717, 1.165) is 32.0 Å². The standard InChI is InChI=1S/C20H34N4O2S/c1-5-21-19(22-16-20(2,3)12-14-27(4,25)26)23-17-11-13-24(15-17)18-9-7-6-8-10-18/h6-10,17H,5,11-16H2,1-4H3,(H2,21,22,23). The van der Waals surface area contributed by atoms with Crippen LogP contribution in [0.1, 0.15) is 33.6 Å². The molecular weight excluding hydrogens is 360 g/mol. The van der Waals surface area contributed by atoms with Crippen LogP contribution in [0.4, 0.5) is 5.69 Å². The van der Waals surface area contributed by atoms with Crippen LogP contribution in [-0.4, -0.2) is 58.6 Å². The molecule has 1 saturated heterocycles. The first-order valence-corrected chi connectivity index (χ1v) is 11.8. The average molecular weight is 395 g/mol. The maximum Gasteiger partial charge on any atom is 0.191 e. The van der Waals surface area contributed by atoms with Gasteiger partial charge in [0.25, 0.3) is 0 Å². The highest BCUT2D eigenvalue weighted by Gasteiger charge is 2.24. The molecule has 2 N–H and O–H groups in total. The number of benzene rings is 1. The Bertz CT molecular complexity index is 717. The molecule has 1 aromatic rings. The van der Waals surface area contributed by atoms with Gasteiger partial charge in [0.15, 0.2) is 5.96 Å². The predicted octanol–water partition coefficient (Wildman–Crippen LogP) is 2.28. The van der Waals surface area contributed by atoms with Crippen LogP contribution in [0.5, 0.6) is 0 Å². The normalized spacial score (nSPS) is 18.6. The van der Waals surface area contributed by atoms with Gasteiger partial charge in [-0.2, -0.15) is 0 Å². The first kappa shape index (κ1) is 21.5. The van der Waals surface area contributed by atoms with E-state index in [2.05, 4.69) is 60.6 Å². The third-order valence-electron chi connectivity index (χ3n) is 4.81. The Hall–Kier alpha value is -1.76. The van der Waals surface area contributed by atoms with E-state index in [0.29, 0.717) is 19.0 Å². The number of nitrogens with zero attached hydrogens (tertiary/aromatic N) is 2. The summed E-state index contributed by atoms with van der Waals surface area (Å²) in [6.07, 6.45) is 2.97. The minimum Gasteiger partial charge on any atom is -0.369 e. The molecule has 0 bridgehead atoms. The van der Waals surface area contributed by atoms with Crippen LogP contribution in [0.2, 0.25) is 0 Å². The fraction of sp³-hybridized carbons (Fsp3) is 0.650. The van der Waals surface area contributed by atoms with Crippen molar-refractivity contribution in [3.8, 4) is 0 Å². The number of anilines is 1. The lowest BCUT2D eigenvalue weighted by atomic mass is 9.90. The second kappa shape index (κ2) is 9.44. The van der Waals surface area contributed by atoms with Gasteiger partial charge in [0.1, 0.15) is 9.84 Å². The summed E-state index contributed by atoms with van der Waals surface area (Å²) in [5.41, 5.74) is 1.10. The van der Waals surface area contributed by atoms with E-state index in [1.165, 1.54) is 11.9 Å². The highest BCUT2D eigenvalue weighted by Crippen LogP contribution is 2.22. The molecule has 1 aromatic carbocycles. The van der Waals surface area contributed by atoms with Crippen LogP contribution in [-0.2, 0) is 9.84 Å². The number of hydrogen-bond acceptors (Lipinski definition) is 4. The van der Waals surface area contributed by atoms with Gasteiger partial charge in [0.05, 0.1) is 5.75 Å². The minimum atomic E-state index is -2.94. The van der Waals surface area contributed by atoms with Crippen molar-refractivity contribution in [2.45, 2.75) is 39.7 Å². The zero-order chi connectivity index (χ0) is 19.9. The van der Waals surface area contributed by atoms with Crippen molar-refractivity contribution < 1.29 is 8.42 Å². The van der Waals surface area contributed by atoms with E-state index in [1.807, 2.05) is 6.07 Å². The molecule has 0 amide bonds. The zero-order valence-electron chi connectivity index (χ0n) is 17.0. The van der Waals surface area contributed by atoms with E-state index < -0.39 is 9.84 Å². The Balaban J connectivity index is 1.92. The molecule has 1 unspecified atom stereocenters. The topological polar surface area (TPSA) is 73.8 Å². The molecule has 152 valence electrons. The van der Waals surface area contributed by atoms with Crippen molar-refractivity contribution in [2.24, 2.45) is 10.4 Å². The van der Waals surface area contributed by atoms with E-state index in [4.69, 9.17) is 4.99 Å². The fourth-order valence-corrected chi connectivity index (χ4v) is 4.02. The van der Waals surface area contributed by atoms with Crippen molar-refractivity contribution in [3.05, 3.63) is 30.3 Å². The van der Waals surface area contributed by atoms with Gasteiger partial charge in [-0.25, -0.2) is 8.42 Å². The summed E-state index contributed by atoms with van der Waals surface area (Å²) in [4.78, 5) is 7.11. The first-order valence-electron chi connectivity index (χ1n) is 9.71. The Morgan fingerprint density at radius 2 is 2.00 bits per heavy atom. The first-order chi connectivity index (χ1) is 12.7. The van der Waals surface area contributed by atoms with Gasteiger partial charge in [-0.1, -0.05) is 32.0 Å². The average Bonchev–Trinajstić information content (AvgIpc) is 3.07. The Morgan fingerprint density at radius 1 is 1.30 bits per heavy atom. The molecule has 0 radical (unpaired) electrons. The number of para-hydroxylation sites is 1. The monoisotopic (exact) mass is 394 g/mol. The maximum absolute atomic E-state index is 11.4. The summed E-state index contributed by atoms with van der Waals surface area (Å²) in [6.45, 7) is 9.55. The number of aliphatic imine (C=N–C) groups is 1. The summed E-state index contributed by atoms with van der Waals surface area (Å²) in [5, 5.41) is 6.85. The van der Waals surface area contributed by atoms with Crippen molar-refractivity contribution in [1.82, 2.24) is 10.6 Å².